The Hall–Kier alpha value is -0.800. The van der Waals surface area contributed by atoms with E-state index in [-0.39, 0.29) is 5.12 Å². The second-order valence-electron chi connectivity index (χ2n) is 4.50. The maximum absolute atomic E-state index is 11.7. The number of hydrogen-bond acceptors (Lipinski definition) is 3. The van der Waals surface area contributed by atoms with Crippen LogP contribution in [0.25, 0.3) is 0 Å². The lowest BCUT2D eigenvalue weighted by atomic mass is 9.90. The SMILES string of the molecule is CC(C)(C)[C@H](O)C(=O)Sc1ccccc1. The molecule has 0 fully saturated rings. The summed E-state index contributed by atoms with van der Waals surface area (Å²) in [5, 5.41) is 9.54. The van der Waals surface area contributed by atoms with Crippen molar-refractivity contribution in [3.05, 3.63) is 30.3 Å². The van der Waals surface area contributed by atoms with Crippen LogP contribution in [0.2, 0.25) is 0 Å². The van der Waals surface area contributed by atoms with Crippen LogP contribution in [-0.4, -0.2) is 16.3 Å². The predicted octanol–water partition coefficient (Wildman–Crippen LogP) is 2.71. The molecule has 1 atom stereocenters. The van der Waals surface area contributed by atoms with Gasteiger partial charge in [0.25, 0.3) is 0 Å². The molecule has 0 bridgehead atoms. The molecule has 0 saturated carbocycles. The fourth-order valence-electron chi connectivity index (χ4n) is 1.01. The lowest BCUT2D eigenvalue weighted by Crippen LogP contribution is -2.32. The molecular weight excluding hydrogens is 208 g/mol. The molecule has 0 aromatic heterocycles. The fourth-order valence-corrected chi connectivity index (χ4v) is 2.00. The van der Waals surface area contributed by atoms with Crippen molar-refractivity contribution < 1.29 is 9.90 Å². The normalized spacial score (nSPS) is 13.6. The summed E-state index contributed by atoms with van der Waals surface area (Å²) in [6.07, 6.45) is -0.928. The third-order valence-electron chi connectivity index (χ3n) is 2.01. The highest BCUT2D eigenvalue weighted by atomic mass is 32.2. The minimum absolute atomic E-state index is 0.200. The van der Waals surface area contributed by atoms with E-state index in [1.807, 2.05) is 51.1 Å². The molecule has 0 spiro atoms. The summed E-state index contributed by atoms with van der Waals surface area (Å²) in [6.45, 7) is 5.54. The van der Waals surface area contributed by atoms with Gasteiger partial charge < -0.3 is 5.11 Å². The van der Waals surface area contributed by atoms with Crippen LogP contribution < -0.4 is 0 Å². The van der Waals surface area contributed by atoms with Crippen LogP contribution in [0.15, 0.2) is 35.2 Å². The van der Waals surface area contributed by atoms with E-state index in [2.05, 4.69) is 0 Å². The number of hydrogen-bond donors (Lipinski definition) is 1. The molecule has 1 aromatic rings. The van der Waals surface area contributed by atoms with Gasteiger partial charge in [0.15, 0.2) is 0 Å². The molecule has 0 radical (unpaired) electrons. The van der Waals surface area contributed by atoms with Crippen molar-refractivity contribution in [2.45, 2.75) is 31.8 Å². The van der Waals surface area contributed by atoms with Gasteiger partial charge in [-0.25, -0.2) is 0 Å². The Labute approximate surface area is 94.7 Å². The summed E-state index contributed by atoms with van der Waals surface area (Å²) in [5.74, 6) is 0. The molecule has 1 aromatic carbocycles. The second-order valence-corrected chi connectivity index (χ2v) is 5.58. The first-order chi connectivity index (χ1) is 6.91. The summed E-state index contributed by atoms with van der Waals surface area (Å²) in [7, 11) is 0. The molecule has 0 aliphatic carbocycles. The molecule has 2 nitrogen and oxygen atoms in total. The number of rotatable bonds is 2. The first kappa shape index (κ1) is 12.3. The Bertz CT molecular complexity index is 327. The largest absolute Gasteiger partial charge is 0.384 e. The van der Waals surface area contributed by atoms with E-state index in [1.165, 1.54) is 0 Å². The smallest absolute Gasteiger partial charge is 0.222 e. The van der Waals surface area contributed by atoms with Crippen molar-refractivity contribution in [3.63, 3.8) is 0 Å². The molecule has 0 aliphatic heterocycles. The second kappa shape index (κ2) is 4.81. The topological polar surface area (TPSA) is 37.3 Å². The molecule has 0 amide bonds. The van der Waals surface area contributed by atoms with Crippen molar-refractivity contribution in [1.29, 1.82) is 0 Å². The van der Waals surface area contributed by atoms with Crippen LogP contribution in [-0.2, 0) is 4.79 Å². The van der Waals surface area contributed by atoms with E-state index >= 15 is 0 Å². The average molecular weight is 224 g/mol. The molecule has 1 rings (SSSR count). The van der Waals surface area contributed by atoms with Crippen molar-refractivity contribution in [2.75, 3.05) is 0 Å². The average Bonchev–Trinajstić information content (AvgIpc) is 2.16. The molecule has 15 heavy (non-hydrogen) atoms. The van der Waals surface area contributed by atoms with E-state index in [9.17, 15) is 9.90 Å². The van der Waals surface area contributed by atoms with Gasteiger partial charge in [-0.3, -0.25) is 4.79 Å². The quantitative estimate of drug-likeness (QED) is 0.785. The van der Waals surface area contributed by atoms with Crippen molar-refractivity contribution in [1.82, 2.24) is 0 Å². The summed E-state index contributed by atoms with van der Waals surface area (Å²) in [4.78, 5) is 12.5. The zero-order valence-electron chi connectivity index (χ0n) is 9.23. The molecule has 0 heterocycles. The number of aliphatic hydroxyl groups is 1. The summed E-state index contributed by atoms with van der Waals surface area (Å²) >= 11 is 1.09. The van der Waals surface area contributed by atoms with Gasteiger partial charge in [-0.05, 0) is 29.3 Å². The van der Waals surface area contributed by atoms with Crippen LogP contribution in [0, 0.1) is 5.41 Å². The summed E-state index contributed by atoms with van der Waals surface area (Å²) in [6, 6.07) is 9.36. The van der Waals surface area contributed by atoms with E-state index in [0.717, 1.165) is 16.7 Å². The minimum Gasteiger partial charge on any atom is -0.384 e. The minimum atomic E-state index is -0.928. The standard InChI is InChI=1S/C12H16O2S/c1-12(2,3)10(13)11(14)15-9-7-5-4-6-8-9/h4-8,10,13H,1-3H3/t10-/m1/s1. The number of aliphatic hydroxyl groups excluding tert-OH is 1. The van der Waals surface area contributed by atoms with Crippen LogP contribution in [0.4, 0.5) is 0 Å². The van der Waals surface area contributed by atoms with Gasteiger partial charge in [0.2, 0.25) is 5.12 Å². The Balaban J connectivity index is 2.65. The van der Waals surface area contributed by atoms with Gasteiger partial charge in [-0.15, -0.1) is 0 Å². The highest BCUT2D eigenvalue weighted by Gasteiger charge is 2.29. The third kappa shape index (κ3) is 3.68. The lowest BCUT2D eigenvalue weighted by molar-refractivity contribution is -0.123. The monoisotopic (exact) mass is 224 g/mol. The molecule has 3 heteroatoms. The van der Waals surface area contributed by atoms with E-state index < -0.39 is 11.5 Å². The van der Waals surface area contributed by atoms with Crippen LogP contribution in [0.3, 0.4) is 0 Å². The van der Waals surface area contributed by atoms with Gasteiger partial charge >= 0.3 is 0 Å². The van der Waals surface area contributed by atoms with Gasteiger partial charge in [-0.1, -0.05) is 39.0 Å². The van der Waals surface area contributed by atoms with Crippen LogP contribution in [0.1, 0.15) is 20.8 Å². The summed E-state index contributed by atoms with van der Waals surface area (Å²) in [5.41, 5.74) is -0.404. The number of benzene rings is 1. The van der Waals surface area contributed by atoms with E-state index in [1.54, 1.807) is 0 Å². The lowest BCUT2D eigenvalue weighted by Gasteiger charge is -2.23. The number of carbonyl (C=O) groups is 1. The van der Waals surface area contributed by atoms with Gasteiger partial charge in [-0.2, -0.15) is 0 Å². The fraction of sp³-hybridized carbons (Fsp3) is 0.417. The Morgan fingerprint density at radius 2 is 1.80 bits per heavy atom. The number of carbonyl (C=O) groups excluding carboxylic acids is 1. The zero-order chi connectivity index (χ0) is 11.5. The molecule has 0 aliphatic rings. The predicted molar refractivity (Wildman–Crippen MR) is 62.8 cm³/mol. The first-order valence-corrected chi connectivity index (χ1v) is 5.68. The van der Waals surface area contributed by atoms with Gasteiger partial charge in [0.05, 0.1) is 0 Å². The highest BCUT2D eigenvalue weighted by molar-refractivity contribution is 8.13. The zero-order valence-corrected chi connectivity index (χ0v) is 10.0. The van der Waals surface area contributed by atoms with Crippen molar-refractivity contribution in [2.24, 2.45) is 5.41 Å². The third-order valence-corrected chi connectivity index (χ3v) is 2.94. The Morgan fingerprint density at radius 1 is 1.27 bits per heavy atom. The molecule has 1 N–H and O–H groups in total. The maximum atomic E-state index is 11.7. The highest BCUT2D eigenvalue weighted by Crippen LogP contribution is 2.27. The summed E-state index contributed by atoms with van der Waals surface area (Å²) < 4.78 is 0. The Morgan fingerprint density at radius 3 is 2.27 bits per heavy atom. The van der Waals surface area contributed by atoms with E-state index in [4.69, 9.17) is 0 Å². The van der Waals surface area contributed by atoms with Gasteiger partial charge in [0.1, 0.15) is 6.10 Å². The Kier molecular flexibility index (Phi) is 3.94. The molecule has 0 unspecified atom stereocenters. The number of thioether (sulfide) groups is 1. The first-order valence-electron chi connectivity index (χ1n) is 4.86. The maximum Gasteiger partial charge on any atom is 0.222 e. The molecular formula is C12H16O2S. The van der Waals surface area contributed by atoms with Crippen LogP contribution >= 0.6 is 11.8 Å². The van der Waals surface area contributed by atoms with Crippen LogP contribution in [0.5, 0.6) is 0 Å². The van der Waals surface area contributed by atoms with Gasteiger partial charge in [0, 0.05) is 4.90 Å². The van der Waals surface area contributed by atoms with Crippen molar-refractivity contribution in [3.8, 4) is 0 Å². The van der Waals surface area contributed by atoms with Crippen molar-refractivity contribution >= 4 is 16.9 Å². The van der Waals surface area contributed by atoms with E-state index in [0.29, 0.717) is 0 Å². The molecule has 82 valence electrons. The molecule has 0 saturated heterocycles.